The van der Waals surface area contributed by atoms with E-state index in [0.29, 0.717) is 95.7 Å². The second kappa shape index (κ2) is 24.8. The van der Waals surface area contributed by atoms with Crippen LogP contribution in [0.5, 0.6) is 0 Å². The number of carbonyl (C=O) groups excluding carboxylic acids is 3. The summed E-state index contributed by atoms with van der Waals surface area (Å²) >= 11 is 0. The minimum atomic E-state index is -0.473. The van der Waals surface area contributed by atoms with Gasteiger partial charge in [-0.05, 0) is 108 Å². The molecule has 4 saturated heterocycles. The normalized spacial score (nSPS) is 40.7. The number of ketones is 1. The summed E-state index contributed by atoms with van der Waals surface area (Å²) < 4.78 is 54.0. The molecule has 4 spiro atoms. The smallest absolute Gasteiger partial charge is 0.309 e. The lowest BCUT2D eigenvalue weighted by Gasteiger charge is -2.42. The van der Waals surface area contributed by atoms with Crippen LogP contribution in [0.15, 0.2) is 30.3 Å². The third-order valence-electron chi connectivity index (χ3n) is 23.1. The summed E-state index contributed by atoms with van der Waals surface area (Å²) in [5.41, 5.74) is 1.48. The molecule has 14 heteroatoms. The van der Waals surface area contributed by atoms with Crippen molar-refractivity contribution < 1.29 is 67.2 Å². The molecule has 474 valence electrons. The van der Waals surface area contributed by atoms with Gasteiger partial charge in [0.1, 0.15) is 12.1 Å². The fourth-order valence-electron chi connectivity index (χ4n) is 18.6. The number of carbonyl (C=O) groups is 3. The van der Waals surface area contributed by atoms with Gasteiger partial charge in [-0.1, -0.05) is 113 Å². The number of methoxy groups -OCH3 is 1. The summed E-state index contributed by atoms with van der Waals surface area (Å²) in [7, 11) is 1.49. The van der Waals surface area contributed by atoms with Crippen molar-refractivity contribution in [2.24, 2.45) is 116 Å². The molecule has 2 N–H and O–H groups in total. The molecule has 1 aromatic rings. The highest BCUT2D eigenvalue weighted by atomic mass is 16.7. The van der Waals surface area contributed by atoms with Crippen LogP contribution < -0.4 is 0 Å². The molecule has 8 aliphatic carbocycles. The van der Waals surface area contributed by atoms with Gasteiger partial charge in [-0.25, -0.2) is 0 Å². The number of hydrogen-bond acceptors (Lipinski definition) is 14. The van der Waals surface area contributed by atoms with E-state index in [9.17, 15) is 24.6 Å². The lowest BCUT2D eigenvalue weighted by molar-refractivity contribution is -0.298. The van der Waals surface area contributed by atoms with Gasteiger partial charge in [-0.15, -0.1) is 0 Å². The predicted octanol–water partition coefficient (Wildman–Crippen LogP) is 11.9. The van der Waals surface area contributed by atoms with Gasteiger partial charge in [-0.3, -0.25) is 9.59 Å². The average Bonchev–Trinajstić information content (AvgIpc) is 1.75. The molecular formula is C70H110O14. The maximum atomic E-state index is 13.3. The van der Waals surface area contributed by atoms with Gasteiger partial charge in [-0.2, -0.15) is 0 Å². The van der Waals surface area contributed by atoms with Crippen LogP contribution in [0.25, 0.3) is 0 Å². The molecule has 0 radical (unpaired) electrons. The summed E-state index contributed by atoms with van der Waals surface area (Å²) in [4.78, 5) is 36.6. The average molecular weight is 1180 g/mol. The molecule has 12 fully saturated rings. The van der Waals surface area contributed by atoms with Crippen molar-refractivity contribution in [3.05, 3.63) is 35.9 Å². The molecule has 4 aliphatic heterocycles. The number of Topliss-reactive ketones (excluding diaryl/α,β-unsaturated/α-hetero) is 1. The minimum absolute atomic E-state index is 0.0101. The first-order valence-corrected chi connectivity index (χ1v) is 33.0. The number of esters is 1. The van der Waals surface area contributed by atoms with Gasteiger partial charge in [0.05, 0.1) is 72.5 Å². The summed E-state index contributed by atoms with van der Waals surface area (Å²) in [6.07, 6.45) is 13.6. The van der Waals surface area contributed by atoms with Crippen LogP contribution in [0.2, 0.25) is 0 Å². The van der Waals surface area contributed by atoms with E-state index in [0.717, 1.165) is 129 Å². The van der Waals surface area contributed by atoms with E-state index in [2.05, 4.69) is 83.1 Å². The molecule has 8 saturated carbocycles. The summed E-state index contributed by atoms with van der Waals surface area (Å²) in [5.74, 6) is 5.45. The van der Waals surface area contributed by atoms with Crippen molar-refractivity contribution in [1.82, 2.24) is 0 Å². The molecule has 0 aromatic heterocycles. The predicted molar refractivity (Wildman–Crippen MR) is 319 cm³/mol. The Bertz CT molecular complexity index is 2380. The maximum Gasteiger partial charge on any atom is 0.309 e. The summed E-state index contributed by atoms with van der Waals surface area (Å²) in [6.45, 7) is 32.6. The molecule has 84 heavy (non-hydrogen) atoms. The van der Waals surface area contributed by atoms with Crippen molar-refractivity contribution >= 4 is 18.0 Å². The standard InChI is InChI=1S/C24H34O4.C16H26O4.C15H26O3.C15H24O3/c1-16-9-18-11-24(27-14-23(2,3)15-28-24)12-20(18)22(16)21(26)10-19(13-25)17-7-5-4-6-8-17;1-10-5-11-6-16(19-8-15(2,3)9-20-16)7-12(11)13(10)14(17)18-4;2*1-10-4-11-5-15(6-12(11)13(10)7-16)17-8-14(2,3)9-18-15/h4-8,16,18-20,22,25H,9-15H2,1-3H3;10-13H,5-9H2,1-4H3;10-13,16H,4-9H2,1-3H3;7,10-13H,4-6,8-9H2,1-3H3/t16-,18-,19?,20+,22+;3*10-,11-,12+,13+/m1111/s1. The van der Waals surface area contributed by atoms with Gasteiger partial charge >= 0.3 is 5.97 Å². The van der Waals surface area contributed by atoms with Crippen molar-refractivity contribution in [3.63, 3.8) is 0 Å². The van der Waals surface area contributed by atoms with E-state index in [1.165, 1.54) is 19.8 Å². The van der Waals surface area contributed by atoms with Crippen LogP contribution in [-0.4, -0.2) is 125 Å². The lowest BCUT2D eigenvalue weighted by atomic mass is 9.80. The lowest BCUT2D eigenvalue weighted by Crippen LogP contribution is -2.46. The quantitative estimate of drug-likeness (QED) is 0.186. The Morgan fingerprint density at radius 2 is 0.869 bits per heavy atom. The van der Waals surface area contributed by atoms with Crippen molar-refractivity contribution in [2.75, 3.05) is 73.2 Å². The number of benzene rings is 1. The molecule has 14 nitrogen and oxygen atoms in total. The van der Waals surface area contributed by atoms with E-state index >= 15 is 0 Å². The first-order valence-electron chi connectivity index (χ1n) is 33.0. The van der Waals surface area contributed by atoms with Crippen LogP contribution in [0.4, 0.5) is 0 Å². The maximum absolute atomic E-state index is 13.3. The largest absolute Gasteiger partial charge is 0.469 e. The monoisotopic (exact) mass is 1170 g/mol. The van der Waals surface area contributed by atoms with E-state index in [-0.39, 0.29) is 69.5 Å². The van der Waals surface area contributed by atoms with Gasteiger partial charge < -0.3 is 57.6 Å². The van der Waals surface area contributed by atoms with Crippen molar-refractivity contribution in [2.45, 2.75) is 196 Å². The highest BCUT2D eigenvalue weighted by Gasteiger charge is 2.61. The van der Waals surface area contributed by atoms with E-state index in [4.69, 9.17) is 42.6 Å². The summed E-state index contributed by atoms with van der Waals surface area (Å²) in [6, 6.07) is 9.91. The number of rotatable bonds is 8. The molecule has 12 aliphatic rings. The number of aliphatic hydroxyl groups is 2. The molecule has 1 unspecified atom stereocenters. The van der Waals surface area contributed by atoms with Gasteiger partial charge in [0.25, 0.3) is 0 Å². The molecule has 0 amide bonds. The Hall–Kier alpha value is -2.37. The van der Waals surface area contributed by atoms with Gasteiger partial charge in [0.15, 0.2) is 23.1 Å². The molecule has 4 heterocycles. The van der Waals surface area contributed by atoms with Crippen LogP contribution in [-0.2, 0) is 57.0 Å². The minimum Gasteiger partial charge on any atom is -0.469 e. The fraction of sp³-hybridized carbons (Fsp3) is 0.871. The molecule has 13 rings (SSSR count). The number of aldehydes is 1. The molecular weight excluding hydrogens is 1060 g/mol. The third-order valence-corrected chi connectivity index (χ3v) is 23.1. The highest BCUT2D eigenvalue weighted by molar-refractivity contribution is 5.83. The number of ether oxygens (including phenoxy) is 9. The number of fused-ring (bicyclic) bond motifs is 4. The van der Waals surface area contributed by atoms with Gasteiger partial charge in [0, 0.05) is 104 Å². The Morgan fingerprint density at radius 3 is 1.27 bits per heavy atom. The second-order valence-electron chi connectivity index (χ2n) is 32.9. The Kier molecular flexibility index (Phi) is 19.1. The number of aliphatic hydroxyl groups excluding tert-OH is 2. The Morgan fingerprint density at radius 1 is 0.512 bits per heavy atom. The summed E-state index contributed by atoms with van der Waals surface area (Å²) in [5, 5.41) is 19.5. The number of hydrogen-bond donors (Lipinski definition) is 2. The van der Waals surface area contributed by atoms with Crippen LogP contribution in [0, 0.1) is 116 Å². The second-order valence-corrected chi connectivity index (χ2v) is 32.9. The SMILES string of the molecule is COC(=O)[C@@H]1[C@H]2CC3(C[C@H]2C[C@H]1C)OCC(C)(C)CO3.C[C@@H]1C[C@@H]2CC3(C[C@@H]2[C@H]1C(=O)CC(CO)c1ccccc1)OCC(C)(C)CO3.C[C@@H]1C[C@@H]2CC3(C[C@@H]2[C@H]1C=O)OCC(C)(C)CO3.C[C@@H]1C[C@@H]2CC3(C[C@@H]2[C@H]1CO)OCC(C)(C)CO3. The van der Waals surface area contributed by atoms with E-state index in [1.807, 2.05) is 30.3 Å². The zero-order valence-electron chi connectivity index (χ0n) is 53.8. The zero-order chi connectivity index (χ0) is 60.4. The highest BCUT2D eigenvalue weighted by Crippen LogP contribution is 2.61. The van der Waals surface area contributed by atoms with Crippen LogP contribution in [0.3, 0.4) is 0 Å². The van der Waals surface area contributed by atoms with Crippen LogP contribution in [0.1, 0.15) is 178 Å². The van der Waals surface area contributed by atoms with Crippen molar-refractivity contribution in [1.29, 1.82) is 0 Å². The third kappa shape index (κ3) is 13.7. The zero-order valence-corrected chi connectivity index (χ0v) is 53.8. The molecule has 17 atom stereocenters. The van der Waals surface area contributed by atoms with E-state index < -0.39 is 11.6 Å². The Labute approximate surface area is 504 Å². The first-order chi connectivity index (χ1) is 39.6. The van der Waals surface area contributed by atoms with E-state index in [1.54, 1.807) is 0 Å². The fourth-order valence-corrected chi connectivity index (χ4v) is 18.6. The topological polar surface area (TPSA) is 175 Å². The first kappa shape index (κ1) is 64.6. The molecule has 0 bridgehead atoms. The van der Waals surface area contributed by atoms with Crippen molar-refractivity contribution in [3.8, 4) is 0 Å². The molecule has 1 aromatic carbocycles. The van der Waals surface area contributed by atoms with Gasteiger partial charge in [0.2, 0.25) is 0 Å². The van der Waals surface area contributed by atoms with Crippen LogP contribution >= 0.6 is 0 Å². The Balaban J connectivity index is 0.000000127.